The molecular weight excluding hydrogens is 262 g/mol. The predicted molar refractivity (Wildman–Crippen MR) is 73.1 cm³/mol. The van der Waals surface area contributed by atoms with Gasteiger partial charge in [-0.25, -0.2) is 9.00 Å². The summed E-state index contributed by atoms with van der Waals surface area (Å²) in [5.74, 6) is -0.489. The number of benzene rings is 1. The van der Waals surface area contributed by atoms with Crippen LogP contribution in [0.5, 0.6) is 0 Å². The van der Waals surface area contributed by atoms with E-state index in [4.69, 9.17) is 4.74 Å². The van der Waals surface area contributed by atoms with E-state index in [9.17, 15) is 9.00 Å². The van der Waals surface area contributed by atoms with Gasteiger partial charge in [-0.1, -0.05) is 18.2 Å². The summed E-state index contributed by atoms with van der Waals surface area (Å²) in [4.78, 5) is 16.8. The molecule has 0 saturated heterocycles. The number of allylic oxidation sites excluding steroid dienone is 2. The topological polar surface area (TPSA) is 55.7 Å². The first-order valence-corrected chi connectivity index (χ1v) is 7.04. The zero-order valence-corrected chi connectivity index (χ0v) is 10.9. The van der Waals surface area contributed by atoms with E-state index >= 15 is 0 Å². The van der Waals surface area contributed by atoms with E-state index in [2.05, 4.69) is 4.99 Å². The first-order chi connectivity index (χ1) is 9.25. The molecule has 0 radical (unpaired) electrons. The number of carbonyl (C=O) groups is 1. The fraction of sp³-hybridized carbons (Fsp3) is 0.143. The molecule has 0 saturated carbocycles. The third kappa shape index (κ3) is 2.29. The zero-order chi connectivity index (χ0) is 13.2. The Kier molecular flexibility index (Phi) is 3.13. The Morgan fingerprint density at radius 2 is 2.05 bits per heavy atom. The normalized spacial score (nSPS) is 21.1. The van der Waals surface area contributed by atoms with Gasteiger partial charge >= 0.3 is 5.97 Å². The van der Waals surface area contributed by atoms with E-state index in [1.54, 1.807) is 36.6 Å². The molecule has 1 unspecified atom stereocenters. The van der Waals surface area contributed by atoms with Gasteiger partial charge in [-0.15, -0.1) is 0 Å². The van der Waals surface area contributed by atoms with Crippen molar-refractivity contribution in [1.29, 1.82) is 0 Å². The number of esters is 1. The van der Waals surface area contributed by atoms with Crippen LogP contribution >= 0.6 is 0 Å². The van der Waals surface area contributed by atoms with Gasteiger partial charge in [0.2, 0.25) is 0 Å². The molecule has 2 heterocycles. The summed E-state index contributed by atoms with van der Waals surface area (Å²) in [6.45, 7) is 0.637. The van der Waals surface area contributed by atoms with Crippen LogP contribution in [0.1, 0.15) is 16.8 Å². The fourth-order valence-corrected chi connectivity index (χ4v) is 3.19. The first kappa shape index (κ1) is 12.0. The summed E-state index contributed by atoms with van der Waals surface area (Å²) in [5.41, 5.74) is 1.25. The second kappa shape index (κ2) is 4.93. The highest BCUT2D eigenvalue weighted by Gasteiger charge is 2.28. The molecule has 19 heavy (non-hydrogen) atoms. The van der Waals surface area contributed by atoms with E-state index in [-0.39, 0.29) is 5.09 Å². The molecule has 3 rings (SSSR count). The molecule has 0 fully saturated rings. The minimum absolute atomic E-state index is 0.201. The van der Waals surface area contributed by atoms with Crippen molar-refractivity contribution in [2.24, 2.45) is 4.99 Å². The maximum absolute atomic E-state index is 12.2. The maximum atomic E-state index is 12.2. The molecule has 4 nitrogen and oxygen atoms in total. The largest absolute Gasteiger partial charge is 0.413 e. The lowest BCUT2D eigenvalue weighted by Gasteiger charge is -2.07. The van der Waals surface area contributed by atoms with Crippen LogP contribution in [-0.4, -0.2) is 22.9 Å². The number of dihydropyridines is 1. The van der Waals surface area contributed by atoms with Gasteiger partial charge in [0.25, 0.3) is 0 Å². The zero-order valence-electron chi connectivity index (χ0n) is 10.0. The summed E-state index contributed by atoms with van der Waals surface area (Å²) >= 11 is 0. The van der Waals surface area contributed by atoms with Crippen molar-refractivity contribution in [3.05, 3.63) is 57.5 Å². The lowest BCUT2D eigenvalue weighted by Crippen LogP contribution is -2.08. The molecule has 0 bridgehead atoms. The number of rotatable bonds is 2. The standard InChI is InChI=1S/C14H11NO3S/c16-14(10-4-2-1-3-5-10)18-13-8-11-9-15-7-6-12(11)19(13)17/h1-5,8-9H,6-7H2. The number of carbonyl (C=O) groups excluding carboxylic acids is 1. The first-order valence-electron chi connectivity index (χ1n) is 5.89. The van der Waals surface area contributed by atoms with Gasteiger partial charge in [-0.05, 0) is 12.1 Å². The molecule has 2 aliphatic rings. The third-order valence-corrected chi connectivity index (χ3v) is 4.36. The van der Waals surface area contributed by atoms with Gasteiger partial charge < -0.3 is 4.74 Å². The molecule has 1 aromatic rings. The van der Waals surface area contributed by atoms with Crippen LogP contribution < -0.4 is 0 Å². The molecule has 0 amide bonds. The molecule has 0 aromatic heterocycles. The van der Waals surface area contributed by atoms with Gasteiger partial charge in [0.05, 0.1) is 5.56 Å². The van der Waals surface area contributed by atoms with E-state index in [0.717, 1.165) is 10.5 Å². The van der Waals surface area contributed by atoms with Crippen LogP contribution in [0.15, 0.2) is 57.0 Å². The van der Waals surface area contributed by atoms with Gasteiger partial charge in [-0.3, -0.25) is 4.99 Å². The molecule has 0 spiro atoms. The quantitative estimate of drug-likeness (QED) is 0.776. The van der Waals surface area contributed by atoms with Gasteiger partial charge in [-0.2, -0.15) is 0 Å². The van der Waals surface area contributed by atoms with Crippen LogP contribution in [0, 0.1) is 0 Å². The van der Waals surface area contributed by atoms with Gasteiger partial charge in [0.15, 0.2) is 5.09 Å². The third-order valence-electron chi connectivity index (χ3n) is 2.90. The average Bonchev–Trinajstić information content (AvgIpc) is 2.77. The Morgan fingerprint density at radius 3 is 2.79 bits per heavy atom. The van der Waals surface area contributed by atoms with Crippen molar-refractivity contribution in [2.75, 3.05) is 6.54 Å². The fourth-order valence-electron chi connectivity index (χ4n) is 1.96. The van der Waals surface area contributed by atoms with Crippen molar-refractivity contribution < 1.29 is 13.7 Å². The summed E-state index contributed by atoms with van der Waals surface area (Å²) in [6.07, 6.45) is 3.97. The summed E-state index contributed by atoms with van der Waals surface area (Å²) in [7, 11) is -1.37. The highest BCUT2D eigenvalue weighted by molar-refractivity contribution is 7.93. The Bertz CT molecular complexity index is 644. The molecule has 1 aromatic carbocycles. The lowest BCUT2D eigenvalue weighted by atomic mass is 10.2. The van der Waals surface area contributed by atoms with E-state index in [0.29, 0.717) is 18.5 Å². The van der Waals surface area contributed by atoms with Crippen molar-refractivity contribution in [3.63, 3.8) is 0 Å². The van der Waals surface area contributed by atoms with Crippen LogP contribution in [0.4, 0.5) is 0 Å². The summed E-state index contributed by atoms with van der Waals surface area (Å²) in [6, 6.07) is 8.66. The highest BCUT2D eigenvalue weighted by Crippen LogP contribution is 2.30. The monoisotopic (exact) mass is 273 g/mol. The molecular formula is C14H11NO3S. The van der Waals surface area contributed by atoms with Crippen LogP contribution in [-0.2, 0) is 15.5 Å². The summed E-state index contributed by atoms with van der Waals surface area (Å²) < 4.78 is 17.4. The lowest BCUT2D eigenvalue weighted by molar-refractivity contribution is 0.0650. The number of ether oxygens (including phenoxy) is 1. The number of nitrogens with zero attached hydrogens (tertiary/aromatic N) is 1. The van der Waals surface area contributed by atoms with Crippen LogP contribution in [0.2, 0.25) is 0 Å². The van der Waals surface area contributed by atoms with Gasteiger partial charge in [0, 0.05) is 35.7 Å². The molecule has 1 atom stereocenters. The highest BCUT2D eigenvalue weighted by atomic mass is 32.2. The minimum atomic E-state index is -1.37. The molecule has 96 valence electrons. The second-order valence-electron chi connectivity index (χ2n) is 4.15. The Balaban J connectivity index is 1.78. The van der Waals surface area contributed by atoms with Crippen LogP contribution in [0.25, 0.3) is 0 Å². The molecule has 0 aliphatic carbocycles. The SMILES string of the molecule is O=C(OC1=CC2=C(CCN=C2)S1=O)c1ccccc1. The predicted octanol–water partition coefficient (Wildman–Crippen LogP) is 2.18. The molecule has 5 heteroatoms. The molecule has 2 aliphatic heterocycles. The Morgan fingerprint density at radius 1 is 1.26 bits per heavy atom. The van der Waals surface area contributed by atoms with E-state index < -0.39 is 16.8 Å². The van der Waals surface area contributed by atoms with E-state index in [1.165, 1.54) is 0 Å². The Hall–Kier alpha value is -2.01. The maximum Gasteiger partial charge on any atom is 0.344 e. The number of hydrogen-bond acceptors (Lipinski definition) is 4. The van der Waals surface area contributed by atoms with Crippen molar-refractivity contribution in [2.45, 2.75) is 6.42 Å². The van der Waals surface area contributed by atoms with Crippen molar-refractivity contribution in [1.82, 2.24) is 0 Å². The number of hydrogen-bond donors (Lipinski definition) is 0. The summed E-state index contributed by atoms with van der Waals surface area (Å²) in [5, 5.41) is 0.201. The van der Waals surface area contributed by atoms with Crippen molar-refractivity contribution in [3.8, 4) is 0 Å². The molecule has 0 N–H and O–H groups in total. The minimum Gasteiger partial charge on any atom is -0.413 e. The second-order valence-corrected chi connectivity index (χ2v) is 5.58. The van der Waals surface area contributed by atoms with Gasteiger partial charge in [0.1, 0.15) is 10.8 Å². The van der Waals surface area contributed by atoms with Crippen molar-refractivity contribution >= 4 is 23.0 Å². The Labute approximate surface area is 113 Å². The average molecular weight is 273 g/mol. The smallest absolute Gasteiger partial charge is 0.344 e. The van der Waals surface area contributed by atoms with Crippen LogP contribution in [0.3, 0.4) is 0 Å². The van der Waals surface area contributed by atoms with E-state index in [1.807, 2.05) is 6.07 Å². The number of aliphatic imine (C=N–C) groups is 1.